The highest BCUT2D eigenvalue weighted by atomic mass is 16.4. The zero-order chi connectivity index (χ0) is 9.97. The second-order valence-electron chi connectivity index (χ2n) is 4.66. The second-order valence-corrected chi connectivity index (χ2v) is 4.66. The predicted molar refractivity (Wildman–Crippen MR) is 54.1 cm³/mol. The van der Waals surface area contributed by atoms with Gasteiger partial charge in [-0.05, 0) is 44.2 Å². The first-order valence-electron chi connectivity index (χ1n) is 5.72. The van der Waals surface area contributed by atoms with Gasteiger partial charge in [0.15, 0.2) is 0 Å². The van der Waals surface area contributed by atoms with Gasteiger partial charge in [0.05, 0.1) is 5.92 Å². The van der Waals surface area contributed by atoms with E-state index in [0.717, 1.165) is 32.4 Å². The van der Waals surface area contributed by atoms with E-state index in [4.69, 9.17) is 0 Å². The van der Waals surface area contributed by atoms with Gasteiger partial charge in [0.25, 0.3) is 0 Å². The first-order valence-corrected chi connectivity index (χ1v) is 5.72. The van der Waals surface area contributed by atoms with Crippen LogP contribution in [0.15, 0.2) is 0 Å². The van der Waals surface area contributed by atoms with Crippen LogP contribution in [0.3, 0.4) is 0 Å². The molecule has 2 fully saturated rings. The van der Waals surface area contributed by atoms with Crippen molar-refractivity contribution in [2.75, 3.05) is 13.1 Å². The van der Waals surface area contributed by atoms with Crippen molar-refractivity contribution in [3.63, 3.8) is 0 Å². The van der Waals surface area contributed by atoms with Crippen molar-refractivity contribution in [2.45, 2.75) is 32.1 Å². The monoisotopic (exact) mass is 197 g/mol. The Morgan fingerprint density at radius 1 is 1.21 bits per heavy atom. The summed E-state index contributed by atoms with van der Waals surface area (Å²) in [5.41, 5.74) is 0. The number of nitrogens with one attached hydrogen (secondary N) is 1. The minimum Gasteiger partial charge on any atom is -0.481 e. The highest BCUT2D eigenvalue weighted by Crippen LogP contribution is 2.37. The Balaban J connectivity index is 2.02. The van der Waals surface area contributed by atoms with Crippen LogP contribution in [0.1, 0.15) is 32.1 Å². The van der Waals surface area contributed by atoms with E-state index in [2.05, 4.69) is 5.32 Å². The number of hydrogen-bond donors (Lipinski definition) is 2. The fraction of sp³-hybridized carbons (Fsp3) is 0.909. The van der Waals surface area contributed by atoms with Crippen molar-refractivity contribution in [3.8, 4) is 0 Å². The standard InChI is InChI=1S/C11H19NO2/c13-11(14)10(8-3-1-2-4-8)9-5-6-12-7-9/h8-10,12H,1-7H2,(H,13,14). The lowest BCUT2D eigenvalue weighted by atomic mass is 9.80. The molecule has 1 saturated carbocycles. The zero-order valence-electron chi connectivity index (χ0n) is 8.54. The lowest BCUT2D eigenvalue weighted by Gasteiger charge is -2.24. The van der Waals surface area contributed by atoms with Crippen LogP contribution < -0.4 is 5.32 Å². The summed E-state index contributed by atoms with van der Waals surface area (Å²) in [4.78, 5) is 11.2. The van der Waals surface area contributed by atoms with Crippen LogP contribution in [-0.2, 0) is 4.79 Å². The van der Waals surface area contributed by atoms with Crippen LogP contribution >= 0.6 is 0 Å². The maximum Gasteiger partial charge on any atom is 0.307 e. The van der Waals surface area contributed by atoms with Gasteiger partial charge in [-0.2, -0.15) is 0 Å². The summed E-state index contributed by atoms with van der Waals surface area (Å²) in [6, 6.07) is 0. The molecule has 2 unspecified atom stereocenters. The van der Waals surface area contributed by atoms with Crippen LogP contribution in [0.5, 0.6) is 0 Å². The average molecular weight is 197 g/mol. The van der Waals surface area contributed by atoms with Crippen LogP contribution in [0.25, 0.3) is 0 Å². The van der Waals surface area contributed by atoms with Crippen LogP contribution in [0.2, 0.25) is 0 Å². The summed E-state index contributed by atoms with van der Waals surface area (Å²) < 4.78 is 0. The molecule has 0 radical (unpaired) electrons. The molecule has 2 N–H and O–H groups in total. The largest absolute Gasteiger partial charge is 0.481 e. The molecule has 1 saturated heterocycles. The molecule has 2 aliphatic rings. The number of hydrogen-bond acceptors (Lipinski definition) is 2. The third-order valence-electron chi connectivity index (χ3n) is 3.80. The predicted octanol–water partition coefficient (Wildman–Crippen LogP) is 1.49. The molecule has 14 heavy (non-hydrogen) atoms. The summed E-state index contributed by atoms with van der Waals surface area (Å²) in [7, 11) is 0. The van der Waals surface area contributed by atoms with Crippen molar-refractivity contribution < 1.29 is 9.90 Å². The summed E-state index contributed by atoms with van der Waals surface area (Å²) in [6.07, 6.45) is 5.78. The molecular formula is C11H19NO2. The summed E-state index contributed by atoms with van der Waals surface area (Å²) in [5, 5.41) is 12.5. The second kappa shape index (κ2) is 4.30. The SMILES string of the molecule is O=C(O)C(C1CCCC1)C1CCNC1. The highest BCUT2D eigenvalue weighted by Gasteiger charge is 2.37. The minimum absolute atomic E-state index is 0.0764. The lowest BCUT2D eigenvalue weighted by molar-refractivity contribution is -0.145. The molecule has 0 amide bonds. The zero-order valence-corrected chi connectivity index (χ0v) is 8.54. The lowest BCUT2D eigenvalue weighted by Crippen LogP contribution is -2.31. The summed E-state index contributed by atoms with van der Waals surface area (Å²) in [6.45, 7) is 1.91. The molecule has 3 heteroatoms. The van der Waals surface area contributed by atoms with Crippen LogP contribution in [0, 0.1) is 17.8 Å². The number of carboxylic acids is 1. The smallest absolute Gasteiger partial charge is 0.307 e. The molecule has 2 atom stereocenters. The van der Waals surface area contributed by atoms with Gasteiger partial charge in [-0.25, -0.2) is 0 Å². The molecule has 1 aliphatic heterocycles. The normalized spacial score (nSPS) is 30.7. The van der Waals surface area contributed by atoms with E-state index in [1.54, 1.807) is 0 Å². The Morgan fingerprint density at radius 2 is 1.93 bits per heavy atom. The Hall–Kier alpha value is -0.570. The Kier molecular flexibility index (Phi) is 3.06. The van der Waals surface area contributed by atoms with Gasteiger partial charge < -0.3 is 10.4 Å². The first kappa shape index (κ1) is 9.97. The van der Waals surface area contributed by atoms with E-state index >= 15 is 0 Å². The van der Waals surface area contributed by atoms with E-state index < -0.39 is 5.97 Å². The van der Waals surface area contributed by atoms with Crippen molar-refractivity contribution in [2.24, 2.45) is 17.8 Å². The van der Waals surface area contributed by atoms with Gasteiger partial charge >= 0.3 is 5.97 Å². The average Bonchev–Trinajstić information content (AvgIpc) is 2.75. The fourth-order valence-corrected chi connectivity index (χ4v) is 3.09. The fourth-order valence-electron chi connectivity index (χ4n) is 3.09. The Labute approximate surface area is 84.9 Å². The summed E-state index contributed by atoms with van der Waals surface area (Å²) in [5.74, 6) is 0.200. The van der Waals surface area contributed by atoms with E-state index in [9.17, 15) is 9.90 Å². The molecular weight excluding hydrogens is 178 g/mol. The van der Waals surface area contributed by atoms with Gasteiger partial charge in [0, 0.05) is 0 Å². The van der Waals surface area contributed by atoms with Crippen LogP contribution in [0.4, 0.5) is 0 Å². The molecule has 1 heterocycles. The molecule has 0 bridgehead atoms. The van der Waals surface area contributed by atoms with E-state index in [-0.39, 0.29) is 5.92 Å². The van der Waals surface area contributed by atoms with Crippen molar-refractivity contribution >= 4 is 5.97 Å². The van der Waals surface area contributed by atoms with Crippen molar-refractivity contribution in [1.82, 2.24) is 5.32 Å². The van der Waals surface area contributed by atoms with Crippen molar-refractivity contribution in [3.05, 3.63) is 0 Å². The third kappa shape index (κ3) is 1.92. The van der Waals surface area contributed by atoms with Gasteiger partial charge in [-0.3, -0.25) is 4.79 Å². The molecule has 0 spiro atoms. The third-order valence-corrected chi connectivity index (χ3v) is 3.80. The van der Waals surface area contributed by atoms with Crippen LogP contribution in [-0.4, -0.2) is 24.2 Å². The Morgan fingerprint density at radius 3 is 2.43 bits per heavy atom. The van der Waals surface area contributed by atoms with E-state index in [0.29, 0.717) is 11.8 Å². The van der Waals surface area contributed by atoms with Crippen molar-refractivity contribution in [1.29, 1.82) is 0 Å². The number of carbonyl (C=O) groups is 1. The molecule has 0 aromatic heterocycles. The molecule has 80 valence electrons. The van der Waals surface area contributed by atoms with E-state index in [1.807, 2.05) is 0 Å². The Bertz CT molecular complexity index is 189. The topological polar surface area (TPSA) is 49.3 Å². The molecule has 0 aromatic rings. The molecule has 0 aromatic carbocycles. The quantitative estimate of drug-likeness (QED) is 0.720. The van der Waals surface area contributed by atoms with E-state index in [1.165, 1.54) is 12.8 Å². The number of rotatable bonds is 3. The highest BCUT2D eigenvalue weighted by molar-refractivity contribution is 5.71. The van der Waals surface area contributed by atoms with Gasteiger partial charge in [0.1, 0.15) is 0 Å². The number of carboxylic acid groups (broad SMARTS) is 1. The van der Waals surface area contributed by atoms with Gasteiger partial charge in [-0.1, -0.05) is 12.8 Å². The summed E-state index contributed by atoms with van der Waals surface area (Å²) >= 11 is 0. The first-order chi connectivity index (χ1) is 6.79. The van der Waals surface area contributed by atoms with Gasteiger partial charge in [0.2, 0.25) is 0 Å². The molecule has 3 nitrogen and oxygen atoms in total. The van der Waals surface area contributed by atoms with Gasteiger partial charge in [-0.15, -0.1) is 0 Å². The molecule has 2 rings (SSSR count). The number of aliphatic carboxylic acids is 1. The maximum atomic E-state index is 11.2. The molecule has 1 aliphatic carbocycles. The maximum absolute atomic E-state index is 11.2. The minimum atomic E-state index is -0.564.